The van der Waals surface area contributed by atoms with Crippen LogP contribution in [-0.2, 0) is 9.59 Å². The van der Waals surface area contributed by atoms with Gasteiger partial charge in [-0.2, -0.15) is 5.10 Å². The Hall–Kier alpha value is -3.07. The number of hydrogen-bond acceptors (Lipinski definition) is 6. The van der Waals surface area contributed by atoms with Gasteiger partial charge < -0.3 is 19.9 Å². The van der Waals surface area contributed by atoms with Crippen molar-refractivity contribution in [2.75, 3.05) is 18.5 Å². The van der Waals surface area contributed by atoms with Crippen LogP contribution in [0.3, 0.4) is 0 Å². The maximum atomic E-state index is 12.0. The number of benzene rings is 2. The van der Waals surface area contributed by atoms with Crippen molar-refractivity contribution in [2.45, 2.75) is 26.7 Å². The summed E-state index contributed by atoms with van der Waals surface area (Å²) in [6.45, 7) is 4.67. The van der Waals surface area contributed by atoms with Crippen molar-refractivity contribution in [1.82, 2.24) is 5.43 Å². The number of aromatic hydroxyl groups is 1. The van der Waals surface area contributed by atoms with Crippen LogP contribution in [0.25, 0.3) is 0 Å². The quantitative estimate of drug-likeness (QED) is 0.355. The standard InChI is InChI=1S/C21H24BrN3O5/c1-3-29-16-7-5-15(6-8-16)24-19(26)9-10-20(27)25-23-13-14-11-17(22)21(28)18(12-14)30-4-2/h5-8,11-13,28H,3-4,9-10H2,1-2H3,(H,24,26)(H,25,27)/b23-13+. The van der Waals surface area contributed by atoms with Crippen molar-refractivity contribution >= 4 is 39.6 Å². The molecule has 160 valence electrons. The number of rotatable bonds is 10. The zero-order chi connectivity index (χ0) is 21.9. The van der Waals surface area contributed by atoms with Crippen LogP contribution in [0.4, 0.5) is 5.69 Å². The summed E-state index contributed by atoms with van der Waals surface area (Å²) in [6, 6.07) is 10.2. The fourth-order valence-electron chi connectivity index (χ4n) is 2.42. The number of halogens is 1. The lowest BCUT2D eigenvalue weighted by Gasteiger charge is -2.08. The van der Waals surface area contributed by atoms with E-state index in [-0.39, 0.29) is 24.5 Å². The second-order valence-electron chi connectivity index (χ2n) is 6.08. The lowest BCUT2D eigenvalue weighted by Crippen LogP contribution is -2.20. The summed E-state index contributed by atoms with van der Waals surface area (Å²) >= 11 is 3.24. The molecule has 0 saturated carbocycles. The average Bonchev–Trinajstić information content (AvgIpc) is 2.72. The van der Waals surface area contributed by atoms with Crippen LogP contribution in [0, 0.1) is 0 Å². The van der Waals surface area contributed by atoms with Gasteiger partial charge in [-0.3, -0.25) is 9.59 Å². The number of nitrogens with one attached hydrogen (secondary N) is 2. The maximum absolute atomic E-state index is 12.0. The minimum atomic E-state index is -0.393. The van der Waals surface area contributed by atoms with E-state index in [1.807, 2.05) is 6.92 Å². The van der Waals surface area contributed by atoms with E-state index >= 15 is 0 Å². The summed E-state index contributed by atoms with van der Waals surface area (Å²) in [6.07, 6.45) is 1.43. The maximum Gasteiger partial charge on any atom is 0.240 e. The normalized spacial score (nSPS) is 10.6. The number of carbonyl (C=O) groups excluding carboxylic acids is 2. The Balaban J connectivity index is 1.79. The number of phenolic OH excluding ortho intramolecular Hbond substituents is 1. The first-order valence-corrected chi connectivity index (χ1v) is 10.2. The topological polar surface area (TPSA) is 109 Å². The average molecular weight is 478 g/mol. The Morgan fingerprint density at radius 3 is 2.40 bits per heavy atom. The van der Waals surface area contributed by atoms with Crippen LogP contribution in [0.2, 0.25) is 0 Å². The second-order valence-corrected chi connectivity index (χ2v) is 6.94. The third kappa shape index (κ3) is 7.40. The van der Waals surface area contributed by atoms with Crippen LogP contribution < -0.4 is 20.2 Å². The van der Waals surface area contributed by atoms with E-state index in [9.17, 15) is 14.7 Å². The van der Waals surface area contributed by atoms with Gasteiger partial charge in [-0.05, 0) is 71.7 Å². The highest BCUT2D eigenvalue weighted by atomic mass is 79.9. The Bertz CT molecular complexity index is 900. The second kappa shape index (κ2) is 11.8. The molecule has 30 heavy (non-hydrogen) atoms. The molecule has 2 aromatic carbocycles. The summed E-state index contributed by atoms with van der Waals surface area (Å²) in [5.41, 5.74) is 3.62. The lowest BCUT2D eigenvalue weighted by atomic mass is 10.2. The van der Waals surface area contributed by atoms with E-state index < -0.39 is 5.91 Å². The predicted molar refractivity (Wildman–Crippen MR) is 118 cm³/mol. The molecule has 8 nitrogen and oxygen atoms in total. The van der Waals surface area contributed by atoms with Crippen LogP contribution in [0.15, 0.2) is 46.0 Å². The number of amides is 2. The van der Waals surface area contributed by atoms with Gasteiger partial charge >= 0.3 is 0 Å². The van der Waals surface area contributed by atoms with E-state index in [0.29, 0.717) is 34.7 Å². The van der Waals surface area contributed by atoms with E-state index in [1.165, 1.54) is 6.21 Å². The monoisotopic (exact) mass is 477 g/mol. The van der Waals surface area contributed by atoms with Gasteiger partial charge in [-0.25, -0.2) is 5.43 Å². The molecule has 3 N–H and O–H groups in total. The number of nitrogens with zero attached hydrogens (tertiary/aromatic N) is 1. The van der Waals surface area contributed by atoms with Gasteiger partial charge in [-0.15, -0.1) is 0 Å². The van der Waals surface area contributed by atoms with Crippen LogP contribution in [0.5, 0.6) is 17.2 Å². The van der Waals surface area contributed by atoms with E-state index in [2.05, 4.69) is 31.8 Å². The molecule has 0 atom stereocenters. The summed E-state index contributed by atoms with van der Waals surface area (Å²) in [5.74, 6) is 0.363. The van der Waals surface area contributed by atoms with Crippen LogP contribution >= 0.6 is 15.9 Å². The summed E-state index contributed by atoms with van der Waals surface area (Å²) < 4.78 is 11.1. The van der Waals surface area contributed by atoms with Gasteiger partial charge in [0, 0.05) is 18.5 Å². The van der Waals surface area contributed by atoms with Crippen molar-refractivity contribution in [1.29, 1.82) is 0 Å². The molecule has 2 amide bonds. The first-order chi connectivity index (χ1) is 14.4. The molecule has 2 rings (SSSR count). The molecule has 2 aromatic rings. The zero-order valence-electron chi connectivity index (χ0n) is 16.8. The molecule has 0 fully saturated rings. The lowest BCUT2D eigenvalue weighted by molar-refractivity contribution is -0.124. The summed E-state index contributed by atoms with van der Waals surface area (Å²) in [7, 11) is 0. The number of hydrogen-bond donors (Lipinski definition) is 3. The number of phenols is 1. The largest absolute Gasteiger partial charge is 0.503 e. The molecular formula is C21H24BrN3O5. The molecular weight excluding hydrogens is 454 g/mol. The molecule has 0 bridgehead atoms. The fraction of sp³-hybridized carbons (Fsp3) is 0.286. The zero-order valence-corrected chi connectivity index (χ0v) is 18.4. The Morgan fingerprint density at radius 1 is 1.07 bits per heavy atom. The number of hydrazone groups is 1. The molecule has 0 spiro atoms. The molecule has 0 aromatic heterocycles. The van der Waals surface area contributed by atoms with Crippen LogP contribution in [-0.4, -0.2) is 36.3 Å². The first-order valence-electron chi connectivity index (χ1n) is 9.42. The van der Waals surface area contributed by atoms with E-state index in [1.54, 1.807) is 43.3 Å². The third-order valence-corrected chi connectivity index (χ3v) is 4.39. The van der Waals surface area contributed by atoms with Crippen molar-refractivity contribution in [3.05, 3.63) is 46.4 Å². The summed E-state index contributed by atoms with van der Waals surface area (Å²) in [5, 5.41) is 16.5. The molecule has 0 aliphatic heterocycles. The van der Waals surface area contributed by atoms with Gasteiger partial charge in [0.15, 0.2) is 11.5 Å². The SMILES string of the molecule is CCOc1ccc(NC(=O)CCC(=O)N/N=C/c2cc(Br)c(O)c(OCC)c2)cc1. The number of carbonyl (C=O) groups is 2. The molecule has 9 heteroatoms. The van der Waals surface area contributed by atoms with Gasteiger partial charge in [0.05, 0.1) is 23.9 Å². The van der Waals surface area contributed by atoms with Crippen molar-refractivity contribution in [2.24, 2.45) is 5.10 Å². The molecule has 0 heterocycles. The molecule has 0 aliphatic carbocycles. The van der Waals surface area contributed by atoms with Gasteiger partial charge in [0.2, 0.25) is 11.8 Å². The number of anilines is 1. The highest BCUT2D eigenvalue weighted by molar-refractivity contribution is 9.10. The molecule has 0 aliphatic rings. The van der Waals surface area contributed by atoms with Gasteiger partial charge in [0.25, 0.3) is 0 Å². The van der Waals surface area contributed by atoms with Crippen molar-refractivity contribution in [3.8, 4) is 17.2 Å². The third-order valence-electron chi connectivity index (χ3n) is 3.78. The van der Waals surface area contributed by atoms with Crippen molar-refractivity contribution < 1.29 is 24.2 Å². The predicted octanol–water partition coefficient (Wildman–Crippen LogP) is 3.82. The smallest absolute Gasteiger partial charge is 0.240 e. The van der Waals surface area contributed by atoms with Crippen molar-refractivity contribution in [3.63, 3.8) is 0 Å². The van der Waals surface area contributed by atoms with Gasteiger partial charge in [-0.1, -0.05) is 0 Å². The summed E-state index contributed by atoms with van der Waals surface area (Å²) in [4.78, 5) is 23.9. The minimum Gasteiger partial charge on any atom is -0.503 e. The Labute approximate surface area is 183 Å². The highest BCUT2D eigenvalue weighted by Crippen LogP contribution is 2.35. The number of ether oxygens (including phenoxy) is 2. The fourth-order valence-corrected chi connectivity index (χ4v) is 2.88. The van der Waals surface area contributed by atoms with Crippen LogP contribution in [0.1, 0.15) is 32.3 Å². The first kappa shape index (κ1) is 23.2. The highest BCUT2D eigenvalue weighted by Gasteiger charge is 2.09. The molecule has 0 unspecified atom stereocenters. The Morgan fingerprint density at radius 2 is 1.73 bits per heavy atom. The molecule has 0 radical (unpaired) electrons. The minimum absolute atomic E-state index is 0.00317. The van der Waals surface area contributed by atoms with E-state index in [4.69, 9.17) is 9.47 Å². The molecule has 0 saturated heterocycles. The Kier molecular flexibility index (Phi) is 9.14. The van der Waals surface area contributed by atoms with Gasteiger partial charge in [0.1, 0.15) is 5.75 Å². The van der Waals surface area contributed by atoms with E-state index in [0.717, 1.165) is 5.75 Å².